The lowest BCUT2D eigenvalue weighted by Gasteiger charge is -2.23. The maximum Gasteiger partial charge on any atom is 0.165 e. The fraction of sp³-hybridized carbons (Fsp3) is 0.375. The summed E-state index contributed by atoms with van der Waals surface area (Å²) < 4.78 is 1.85. The molecule has 0 aromatic carbocycles. The van der Waals surface area contributed by atoms with E-state index in [1.54, 1.807) is 11.3 Å². The highest BCUT2D eigenvalue weighted by atomic mass is 32.1. The van der Waals surface area contributed by atoms with Gasteiger partial charge in [0.15, 0.2) is 5.65 Å². The zero-order valence-corrected chi connectivity index (χ0v) is 12.6. The highest BCUT2D eigenvalue weighted by Crippen LogP contribution is 2.28. The van der Waals surface area contributed by atoms with Crippen molar-refractivity contribution in [3.63, 3.8) is 0 Å². The van der Waals surface area contributed by atoms with Crippen LogP contribution >= 0.6 is 11.3 Å². The molecule has 108 valence electrons. The summed E-state index contributed by atoms with van der Waals surface area (Å²) >= 11 is 1.72. The van der Waals surface area contributed by atoms with Crippen LogP contribution in [0.2, 0.25) is 0 Å². The summed E-state index contributed by atoms with van der Waals surface area (Å²) in [6, 6.07) is 6.77. The molecule has 0 spiro atoms. The van der Waals surface area contributed by atoms with E-state index in [9.17, 15) is 0 Å². The number of rotatable bonds is 3. The molecule has 1 fully saturated rings. The first-order valence-corrected chi connectivity index (χ1v) is 8.43. The molecule has 0 bridgehead atoms. The van der Waals surface area contributed by atoms with Gasteiger partial charge in [0.2, 0.25) is 0 Å². The minimum atomic E-state index is 0.571. The van der Waals surface area contributed by atoms with E-state index < -0.39 is 0 Å². The molecular weight excluding hydrogens is 280 g/mol. The fourth-order valence-corrected chi connectivity index (χ4v) is 3.74. The van der Waals surface area contributed by atoms with E-state index in [4.69, 9.17) is 4.98 Å². The SMILES string of the molecule is c1csc(-c2cnn3ccc(NC4CCCCC4)nc23)c1. The topological polar surface area (TPSA) is 42.2 Å². The van der Waals surface area contributed by atoms with Gasteiger partial charge in [-0.1, -0.05) is 25.3 Å². The first-order chi connectivity index (χ1) is 10.4. The molecule has 4 rings (SSSR count). The third-order valence-electron chi connectivity index (χ3n) is 4.11. The highest BCUT2D eigenvalue weighted by Gasteiger charge is 2.15. The first kappa shape index (κ1) is 12.8. The minimum absolute atomic E-state index is 0.571. The van der Waals surface area contributed by atoms with Crippen LogP contribution in [0.1, 0.15) is 32.1 Å². The Morgan fingerprint density at radius 1 is 1.19 bits per heavy atom. The van der Waals surface area contributed by atoms with Gasteiger partial charge in [-0.05, 0) is 30.4 Å². The van der Waals surface area contributed by atoms with E-state index in [1.807, 2.05) is 23.0 Å². The molecule has 0 amide bonds. The zero-order chi connectivity index (χ0) is 14.1. The maximum absolute atomic E-state index is 4.78. The van der Waals surface area contributed by atoms with E-state index in [0.717, 1.165) is 17.0 Å². The summed E-state index contributed by atoms with van der Waals surface area (Å²) in [6.45, 7) is 0. The van der Waals surface area contributed by atoms with Gasteiger partial charge in [0, 0.05) is 17.1 Å². The van der Waals surface area contributed by atoms with Gasteiger partial charge >= 0.3 is 0 Å². The Morgan fingerprint density at radius 3 is 2.90 bits per heavy atom. The predicted octanol–water partition coefficient (Wildman–Crippen LogP) is 4.20. The molecule has 0 atom stereocenters. The van der Waals surface area contributed by atoms with E-state index >= 15 is 0 Å². The smallest absolute Gasteiger partial charge is 0.165 e. The molecule has 1 aliphatic carbocycles. The van der Waals surface area contributed by atoms with E-state index in [2.05, 4.69) is 27.9 Å². The monoisotopic (exact) mass is 298 g/mol. The standard InChI is InChI=1S/C16H18N4S/c1-2-5-12(6-3-1)18-15-8-9-20-16(19-15)13(11-17-20)14-7-4-10-21-14/h4,7-12H,1-3,5-6H2,(H,18,19). The largest absolute Gasteiger partial charge is 0.367 e. The van der Waals surface area contributed by atoms with Gasteiger partial charge in [0.25, 0.3) is 0 Å². The van der Waals surface area contributed by atoms with Crippen molar-refractivity contribution < 1.29 is 0 Å². The Kier molecular flexibility index (Phi) is 3.35. The second-order valence-electron chi connectivity index (χ2n) is 5.60. The Labute approximate surface area is 127 Å². The van der Waals surface area contributed by atoms with Crippen molar-refractivity contribution in [2.45, 2.75) is 38.1 Å². The van der Waals surface area contributed by atoms with E-state index in [0.29, 0.717) is 6.04 Å². The lowest BCUT2D eigenvalue weighted by molar-refractivity contribution is 0.462. The maximum atomic E-state index is 4.78. The molecule has 3 aromatic rings. The Hall–Kier alpha value is -1.88. The van der Waals surface area contributed by atoms with Crippen LogP contribution in [-0.2, 0) is 0 Å². The predicted molar refractivity (Wildman–Crippen MR) is 86.8 cm³/mol. The molecule has 21 heavy (non-hydrogen) atoms. The van der Waals surface area contributed by atoms with Crippen molar-refractivity contribution in [3.8, 4) is 10.4 Å². The van der Waals surface area contributed by atoms with Crippen LogP contribution < -0.4 is 5.32 Å². The van der Waals surface area contributed by atoms with Crippen LogP contribution in [0.15, 0.2) is 36.0 Å². The Balaban J connectivity index is 1.66. The fourth-order valence-electron chi connectivity index (χ4n) is 3.01. The summed E-state index contributed by atoms with van der Waals surface area (Å²) in [5.74, 6) is 0.965. The van der Waals surface area contributed by atoms with Crippen LogP contribution in [0.25, 0.3) is 16.1 Å². The molecule has 1 aliphatic rings. The van der Waals surface area contributed by atoms with Gasteiger partial charge in [-0.2, -0.15) is 5.10 Å². The number of hydrogen-bond donors (Lipinski definition) is 1. The van der Waals surface area contributed by atoms with Crippen LogP contribution in [0.3, 0.4) is 0 Å². The van der Waals surface area contributed by atoms with Gasteiger partial charge in [-0.25, -0.2) is 9.50 Å². The molecule has 0 radical (unpaired) electrons. The van der Waals surface area contributed by atoms with Crippen LogP contribution in [0.5, 0.6) is 0 Å². The third kappa shape index (κ3) is 2.53. The molecule has 4 nitrogen and oxygen atoms in total. The summed E-state index contributed by atoms with van der Waals surface area (Å²) in [6.07, 6.45) is 10.4. The summed E-state index contributed by atoms with van der Waals surface area (Å²) in [5.41, 5.74) is 2.04. The van der Waals surface area contributed by atoms with Crippen molar-refractivity contribution in [1.29, 1.82) is 0 Å². The zero-order valence-electron chi connectivity index (χ0n) is 11.8. The average molecular weight is 298 g/mol. The molecule has 5 heteroatoms. The van der Waals surface area contributed by atoms with Crippen LogP contribution in [-0.4, -0.2) is 20.6 Å². The summed E-state index contributed by atoms with van der Waals surface area (Å²) in [5, 5.41) is 10.1. The van der Waals surface area contributed by atoms with Crippen LogP contribution in [0.4, 0.5) is 5.82 Å². The summed E-state index contributed by atoms with van der Waals surface area (Å²) in [4.78, 5) is 6.00. The molecule has 0 saturated heterocycles. The summed E-state index contributed by atoms with van der Waals surface area (Å²) in [7, 11) is 0. The van der Waals surface area contributed by atoms with E-state index in [-0.39, 0.29) is 0 Å². The third-order valence-corrected chi connectivity index (χ3v) is 5.02. The normalized spacial score (nSPS) is 16.4. The number of anilines is 1. The van der Waals surface area contributed by atoms with E-state index in [1.165, 1.54) is 37.0 Å². The molecule has 3 aromatic heterocycles. The molecule has 0 unspecified atom stereocenters. The second-order valence-corrected chi connectivity index (χ2v) is 6.54. The van der Waals surface area contributed by atoms with Gasteiger partial charge < -0.3 is 5.32 Å². The lowest BCUT2D eigenvalue weighted by atomic mass is 9.95. The molecule has 0 aliphatic heterocycles. The molecule has 3 heterocycles. The van der Waals surface area contributed by atoms with Crippen molar-refractivity contribution in [1.82, 2.24) is 14.6 Å². The average Bonchev–Trinajstić information content (AvgIpc) is 3.16. The van der Waals surface area contributed by atoms with Gasteiger partial charge in [0.05, 0.1) is 11.8 Å². The van der Waals surface area contributed by atoms with Crippen molar-refractivity contribution >= 4 is 22.8 Å². The highest BCUT2D eigenvalue weighted by molar-refractivity contribution is 7.13. The molecule has 1 N–H and O–H groups in total. The lowest BCUT2D eigenvalue weighted by Crippen LogP contribution is -2.22. The number of nitrogens with one attached hydrogen (secondary N) is 1. The Bertz CT molecular complexity index is 726. The van der Waals surface area contributed by atoms with Gasteiger partial charge in [-0.15, -0.1) is 11.3 Å². The number of hydrogen-bond acceptors (Lipinski definition) is 4. The molecule has 1 saturated carbocycles. The number of fused-ring (bicyclic) bond motifs is 1. The quantitative estimate of drug-likeness (QED) is 0.788. The Morgan fingerprint density at radius 2 is 2.10 bits per heavy atom. The first-order valence-electron chi connectivity index (χ1n) is 7.55. The molecular formula is C16H18N4S. The van der Waals surface area contributed by atoms with Crippen molar-refractivity contribution in [3.05, 3.63) is 36.0 Å². The van der Waals surface area contributed by atoms with Crippen molar-refractivity contribution in [2.24, 2.45) is 0 Å². The van der Waals surface area contributed by atoms with Gasteiger partial charge in [0.1, 0.15) is 5.82 Å². The second kappa shape index (κ2) is 5.48. The van der Waals surface area contributed by atoms with Gasteiger partial charge in [-0.3, -0.25) is 0 Å². The van der Waals surface area contributed by atoms with Crippen LogP contribution in [0, 0.1) is 0 Å². The number of nitrogens with zero attached hydrogens (tertiary/aromatic N) is 3. The van der Waals surface area contributed by atoms with Crippen molar-refractivity contribution in [2.75, 3.05) is 5.32 Å². The number of aromatic nitrogens is 3. The number of thiophene rings is 1. The minimum Gasteiger partial charge on any atom is -0.367 e.